The van der Waals surface area contributed by atoms with Crippen molar-refractivity contribution in [3.05, 3.63) is 119 Å². The summed E-state index contributed by atoms with van der Waals surface area (Å²) in [6, 6.07) is 22.4. The minimum absolute atomic E-state index is 0.467. The van der Waals surface area contributed by atoms with Crippen molar-refractivity contribution in [2.75, 3.05) is 0 Å². The molecule has 1 aliphatic rings. The lowest BCUT2D eigenvalue weighted by molar-refractivity contribution is 0.425. The van der Waals surface area contributed by atoms with Crippen LogP contribution in [-0.4, -0.2) is 17.2 Å². The number of rotatable bonds is 2. The van der Waals surface area contributed by atoms with E-state index in [4.69, 9.17) is 0 Å². The first-order valence-corrected chi connectivity index (χ1v) is 9.36. The van der Waals surface area contributed by atoms with Crippen LogP contribution in [0.4, 0.5) is 0 Å². The third kappa shape index (κ3) is 3.38. The maximum Gasteiger partial charge on any atom is 0.485 e. The molecule has 0 spiro atoms. The first-order chi connectivity index (χ1) is 13.7. The van der Waals surface area contributed by atoms with Crippen LogP contribution in [0.15, 0.2) is 103 Å². The van der Waals surface area contributed by atoms with Crippen molar-refractivity contribution in [3.63, 3.8) is 0 Å². The highest BCUT2D eigenvalue weighted by molar-refractivity contribution is 6.63. The van der Waals surface area contributed by atoms with Crippen molar-refractivity contribution in [2.45, 2.75) is 6.42 Å². The summed E-state index contributed by atoms with van der Waals surface area (Å²) in [4.78, 5) is 0. The van der Waals surface area contributed by atoms with Crippen LogP contribution in [0.1, 0.15) is 12.0 Å². The Morgan fingerprint density at radius 3 is 2.32 bits per heavy atom. The van der Waals surface area contributed by atoms with Crippen LogP contribution < -0.4 is 10.4 Å². The topological polar surface area (TPSA) is 40.5 Å². The van der Waals surface area contributed by atoms with Gasteiger partial charge in [0.1, 0.15) is 0 Å². The molecule has 0 fully saturated rings. The molecule has 0 radical (unpaired) electrons. The number of fused-ring (bicyclic) bond motifs is 2. The lowest BCUT2D eigenvalue weighted by Gasteiger charge is -2.14. The second kappa shape index (κ2) is 7.85. The van der Waals surface area contributed by atoms with Crippen LogP contribution in [-0.2, 0) is 0 Å². The first kappa shape index (κ1) is 18.2. The molecule has 0 unspecified atom stereocenters. The van der Waals surface area contributed by atoms with Gasteiger partial charge in [-0.1, -0.05) is 97.6 Å². The van der Waals surface area contributed by atoms with Crippen molar-refractivity contribution in [1.29, 1.82) is 0 Å². The fourth-order valence-electron chi connectivity index (χ4n) is 3.80. The number of hydrogen-bond donors (Lipinski definition) is 2. The molecule has 1 aliphatic carbocycles. The van der Waals surface area contributed by atoms with Crippen LogP contribution in [0, 0.1) is 0 Å². The van der Waals surface area contributed by atoms with Gasteiger partial charge in [0.2, 0.25) is 0 Å². The Hall–Kier alpha value is -3.14. The molecule has 2 nitrogen and oxygen atoms in total. The van der Waals surface area contributed by atoms with E-state index >= 15 is 0 Å². The average molecular weight is 364 g/mol. The average Bonchev–Trinajstić information content (AvgIpc) is 2.71. The lowest BCUT2D eigenvalue weighted by Crippen LogP contribution is -2.34. The molecule has 0 aliphatic heterocycles. The molecule has 0 aromatic heterocycles. The van der Waals surface area contributed by atoms with Gasteiger partial charge in [0.05, 0.1) is 0 Å². The van der Waals surface area contributed by atoms with Crippen molar-refractivity contribution < 1.29 is 10.0 Å². The van der Waals surface area contributed by atoms with Gasteiger partial charge < -0.3 is 10.0 Å². The maximum absolute atomic E-state index is 10.0. The summed E-state index contributed by atoms with van der Waals surface area (Å²) in [5.74, 6) is 0. The molecular formula is C25H21BO2. The fourth-order valence-corrected chi connectivity index (χ4v) is 3.80. The summed E-state index contributed by atoms with van der Waals surface area (Å²) in [7, 11) is -1.52. The van der Waals surface area contributed by atoms with E-state index in [-0.39, 0.29) is 0 Å². The van der Waals surface area contributed by atoms with Gasteiger partial charge in [0, 0.05) is 0 Å². The van der Waals surface area contributed by atoms with Crippen molar-refractivity contribution in [1.82, 2.24) is 0 Å². The quantitative estimate of drug-likeness (QED) is 0.686. The summed E-state index contributed by atoms with van der Waals surface area (Å²) in [6.07, 6.45) is 8.27. The predicted molar refractivity (Wildman–Crippen MR) is 118 cm³/mol. The molecule has 0 atom stereocenters. The van der Waals surface area contributed by atoms with Gasteiger partial charge in [-0.15, -0.1) is 0 Å². The van der Waals surface area contributed by atoms with Gasteiger partial charge in [-0.25, -0.2) is 0 Å². The summed E-state index contributed by atoms with van der Waals surface area (Å²) < 4.78 is 0. The van der Waals surface area contributed by atoms with Gasteiger partial charge in [0.15, 0.2) is 0 Å². The summed E-state index contributed by atoms with van der Waals surface area (Å²) in [5, 5.41) is 24.1. The Kier molecular flexibility index (Phi) is 5.11. The molecule has 2 N–H and O–H groups in total. The van der Waals surface area contributed by atoms with Crippen molar-refractivity contribution in [2.24, 2.45) is 0 Å². The van der Waals surface area contributed by atoms with Gasteiger partial charge >= 0.3 is 7.12 Å². The molecule has 136 valence electrons. The first-order valence-electron chi connectivity index (χ1n) is 9.36. The molecular weight excluding hydrogens is 343 g/mol. The minimum Gasteiger partial charge on any atom is -0.423 e. The molecule has 3 heteroatoms. The van der Waals surface area contributed by atoms with Gasteiger partial charge in [-0.3, -0.25) is 0 Å². The molecule has 0 bridgehead atoms. The van der Waals surface area contributed by atoms with Crippen LogP contribution in [0.2, 0.25) is 0 Å². The normalized spacial score (nSPS) is 20.4. The van der Waals surface area contributed by atoms with E-state index < -0.39 is 7.12 Å². The highest BCUT2D eigenvalue weighted by Crippen LogP contribution is 2.28. The zero-order chi connectivity index (χ0) is 19.5. The highest BCUT2D eigenvalue weighted by Gasteiger charge is 2.17. The molecule has 0 saturated carbocycles. The van der Waals surface area contributed by atoms with Gasteiger partial charge in [-0.2, -0.15) is 0 Å². The third-order valence-electron chi connectivity index (χ3n) is 5.12. The maximum atomic E-state index is 10.0. The Bertz CT molecular complexity index is 1230. The summed E-state index contributed by atoms with van der Waals surface area (Å²) in [5.41, 5.74) is 3.53. The Morgan fingerprint density at radius 1 is 0.786 bits per heavy atom. The van der Waals surface area contributed by atoms with Crippen molar-refractivity contribution in [3.8, 4) is 0 Å². The van der Waals surface area contributed by atoms with Crippen LogP contribution >= 0.6 is 0 Å². The predicted octanol–water partition coefficient (Wildman–Crippen LogP) is 3.27. The Morgan fingerprint density at radius 2 is 1.50 bits per heavy atom. The fraction of sp³-hybridized carbons (Fsp3) is 0.0400. The van der Waals surface area contributed by atoms with E-state index in [0.717, 1.165) is 37.9 Å². The minimum atomic E-state index is -1.52. The molecule has 3 aromatic rings. The summed E-state index contributed by atoms with van der Waals surface area (Å²) >= 11 is 0. The largest absolute Gasteiger partial charge is 0.485 e. The summed E-state index contributed by atoms with van der Waals surface area (Å²) in [6.45, 7) is 4.33. The van der Waals surface area contributed by atoms with E-state index in [1.165, 1.54) is 0 Å². The monoisotopic (exact) mass is 364 g/mol. The Labute approximate surface area is 164 Å². The lowest BCUT2D eigenvalue weighted by atomic mass is 9.75. The van der Waals surface area contributed by atoms with E-state index in [2.05, 4.69) is 36.9 Å². The zero-order valence-electron chi connectivity index (χ0n) is 15.5. The molecule has 0 saturated heterocycles. The van der Waals surface area contributed by atoms with E-state index in [1.807, 2.05) is 60.7 Å². The van der Waals surface area contributed by atoms with Crippen LogP contribution in [0.3, 0.4) is 0 Å². The molecule has 3 aromatic carbocycles. The molecule has 0 heterocycles. The smallest absolute Gasteiger partial charge is 0.423 e. The third-order valence-corrected chi connectivity index (χ3v) is 5.12. The second-order valence-corrected chi connectivity index (χ2v) is 6.86. The molecule has 28 heavy (non-hydrogen) atoms. The highest BCUT2D eigenvalue weighted by atomic mass is 16.4. The SMILES string of the molecule is C=C1/C=C\C=C/C/C(B(O)O)=c2/cccc/c2=C/1c1cccc2ccccc12. The van der Waals surface area contributed by atoms with Crippen LogP contribution in [0.25, 0.3) is 21.8 Å². The van der Waals surface area contributed by atoms with E-state index in [9.17, 15) is 10.0 Å². The zero-order valence-corrected chi connectivity index (χ0v) is 15.5. The number of benzene rings is 3. The standard InChI is InChI=1S/C25H21BO2/c1-18-10-3-2-4-17-24(26(27)28)21-14-7-8-15-23(21)25(18)22-16-9-12-19-11-5-6-13-20(19)22/h2-16,27-28H,1,17H2/b4-2-,10-3-,24-21+,25-23+. The van der Waals surface area contributed by atoms with Gasteiger partial charge in [-0.05, 0) is 49.8 Å². The molecule has 0 amide bonds. The van der Waals surface area contributed by atoms with E-state index in [0.29, 0.717) is 11.9 Å². The van der Waals surface area contributed by atoms with Gasteiger partial charge in [0.25, 0.3) is 0 Å². The number of hydrogen-bond acceptors (Lipinski definition) is 2. The molecule has 4 rings (SSSR count). The number of allylic oxidation sites excluding steroid dienone is 5. The van der Waals surface area contributed by atoms with Crippen molar-refractivity contribution >= 4 is 28.9 Å². The van der Waals surface area contributed by atoms with Crippen LogP contribution in [0.5, 0.6) is 0 Å². The Balaban J connectivity index is 2.22. The van der Waals surface area contributed by atoms with E-state index in [1.54, 1.807) is 0 Å². The second-order valence-electron chi connectivity index (χ2n) is 6.86.